The maximum Gasteiger partial charge on any atom is 0.326 e. The van der Waals surface area contributed by atoms with Crippen LogP contribution in [0.4, 0.5) is 0 Å². The van der Waals surface area contributed by atoms with Crippen LogP contribution in [0.25, 0.3) is 11.6 Å². The zero-order chi connectivity index (χ0) is 11.8. The fraction of sp³-hybridized carbons (Fsp3) is 0.364. The lowest BCUT2D eigenvalue weighted by atomic mass is 10.0. The first kappa shape index (κ1) is 10.1. The summed E-state index contributed by atoms with van der Waals surface area (Å²) in [5.74, 6) is 0.919. The number of fused-ring (bicyclic) bond motifs is 1. The van der Waals surface area contributed by atoms with Crippen LogP contribution in [0.15, 0.2) is 22.8 Å². The fourth-order valence-electron chi connectivity index (χ4n) is 2.21. The van der Waals surface area contributed by atoms with Gasteiger partial charge in [0.05, 0.1) is 6.26 Å². The highest BCUT2D eigenvalue weighted by Gasteiger charge is 2.30. The normalized spacial score (nSPS) is 18.9. The molecule has 0 amide bonds. The number of hydrogen-bond acceptors (Lipinski definition) is 4. The van der Waals surface area contributed by atoms with Crippen LogP contribution < -0.4 is 0 Å². The van der Waals surface area contributed by atoms with Crippen molar-refractivity contribution in [2.75, 3.05) is 0 Å². The molecule has 6 heteroatoms. The Labute approximate surface area is 96.9 Å². The number of rotatable bonds is 2. The van der Waals surface area contributed by atoms with E-state index in [1.54, 1.807) is 16.7 Å². The van der Waals surface area contributed by atoms with Gasteiger partial charge in [-0.2, -0.15) is 0 Å². The van der Waals surface area contributed by atoms with Gasteiger partial charge in [0.1, 0.15) is 11.9 Å². The minimum atomic E-state index is -0.849. The standard InChI is InChI=1S/C11H11N3O3/c15-11(16)7-3-1-5-9-12-13-10(14(7)9)8-4-2-6-17-8/h2,4,6-7H,1,3,5H2,(H,15,16). The molecule has 0 saturated carbocycles. The second kappa shape index (κ2) is 3.73. The third kappa shape index (κ3) is 1.52. The molecule has 2 aromatic heterocycles. The largest absolute Gasteiger partial charge is 0.480 e. The molecule has 0 fully saturated rings. The van der Waals surface area contributed by atoms with E-state index >= 15 is 0 Å². The zero-order valence-electron chi connectivity index (χ0n) is 9.04. The molecule has 0 aliphatic carbocycles. The first-order valence-electron chi connectivity index (χ1n) is 5.48. The number of carbonyl (C=O) groups is 1. The van der Waals surface area contributed by atoms with E-state index in [0.717, 1.165) is 18.7 Å². The molecule has 3 heterocycles. The maximum atomic E-state index is 11.2. The van der Waals surface area contributed by atoms with Gasteiger partial charge >= 0.3 is 5.97 Å². The van der Waals surface area contributed by atoms with E-state index in [4.69, 9.17) is 4.42 Å². The third-order valence-electron chi connectivity index (χ3n) is 2.98. The fourth-order valence-corrected chi connectivity index (χ4v) is 2.21. The Hall–Kier alpha value is -2.11. The summed E-state index contributed by atoms with van der Waals surface area (Å²) in [4.78, 5) is 11.2. The van der Waals surface area contributed by atoms with Crippen molar-refractivity contribution in [2.24, 2.45) is 0 Å². The van der Waals surface area contributed by atoms with Crippen LogP contribution in [0.2, 0.25) is 0 Å². The summed E-state index contributed by atoms with van der Waals surface area (Å²) >= 11 is 0. The Balaban J connectivity index is 2.14. The first-order chi connectivity index (χ1) is 8.27. The van der Waals surface area contributed by atoms with Gasteiger partial charge in [-0.3, -0.25) is 4.57 Å². The number of hydrogen-bond donors (Lipinski definition) is 1. The summed E-state index contributed by atoms with van der Waals surface area (Å²) in [6, 6.07) is 2.91. The Bertz CT molecular complexity index is 544. The van der Waals surface area contributed by atoms with Crippen LogP contribution in [0, 0.1) is 0 Å². The van der Waals surface area contributed by atoms with E-state index in [2.05, 4.69) is 10.2 Å². The number of furan rings is 1. The molecule has 0 radical (unpaired) electrons. The zero-order valence-corrected chi connectivity index (χ0v) is 9.04. The summed E-state index contributed by atoms with van der Waals surface area (Å²) < 4.78 is 6.93. The molecule has 1 N–H and O–H groups in total. The lowest BCUT2D eigenvalue weighted by molar-refractivity contribution is -0.141. The van der Waals surface area contributed by atoms with E-state index in [1.807, 2.05) is 0 Å². The van der Waals surface area contributed by atoms with Gasteiger partial charge in [-0.05, 0) is 25.0 Å². The van der Waals surface area contributed by atoms with Gasteiger partial charge in [-0.25, -0.2) is 4.79 Å². The lowest BCUT2D eigenvalue weighted by Crippen LogP contribution is -2.25. The summed E-state index contributed by atoms with van der Waals surface area (Å²) in [7, 11) is 0. The molecule has 0 bridgehead atoms. The van der Waals surface area contributed by atoms with Gasteiger partial charge in [-0.1, -0.05) is 0 Å². The third-order valence-corrected chi connectivity index (χ3v) is 2.98. The molecule has 0 aromatic carbocycles. The topological polar surface area (TPSA) is 81.2 Å². The second-order valence-corrected chi connectivity index (χ2v) is 4.03. The van der Waals surface area contributed by atoms with Gasteiger partial charge in [0, 0.05) is 6.42 Å². The van der Waals surface area contributed by atoms with Crippen LogP contribution in [0.3, 0.4) is 0 Å². The van der Waals surface area contributed by atoms with E-state index in [0.29, 0.717) is 18.0 Å². The van der Waals surface area contributed by atoms with Gasteiger partial charge in [0.25, 0.3) is 0 Å². The number of aliphatic carboxylic acids is 1. The summed E-state index contributed by atoms with van der Waals surface area (Å²) in [6.45, 7) is 0. The van der Waals surface area contributed by atoms with Gasteiger partial charge in [0.2, 0.25) is 5.82 Å². The van der Waals surface area contributed by atoms with Crippen LogP contribution in [0.1, 0.15) is 24.7 Å². The quantitative estimate of drug-likeness (QED) is 0.850. The summed E-state index contributed by atoms with van der Waals surface area (Å²) in [6.07, 6.45) is 3.73. The van der Waals surface area contributed by atoms with Crippen LogP contribution in [0.5, 0.6) is 0 Å². The Morgan fingerprint density at radius 1 is 1.53 bits per heavy atom. The van der Waals surface area contributed by atoms with E-state index < -0.39 is 12.0 Å². The smallest absolute Gasteiger partial charge is 0.326 e. The Morgan fingerprint density at radius 3 is 3.12 bits per heavy atom. The predicted molar refractivity (Wildman–Crippen MR) is 57.3 cm³/mol. The van der Waals surface area contributed by atoms with E-state index in [-0.39, 0.29) is 0 Å². The maximum absolute atomic E-state index is 11.2. The van der Waals surface area contributed by atoms with Crippen molar-refractivity contribution in [2.45, 2.75) is 25.3 Å². The highest BCUT2D eigenvalue weighted by atomic mass is 16.4. The van der Waals surface area contributed by atoms with Crippen molar-refractivity contribution in [1.82, 2.24) is 14.8 Å². The molecule has 3 rings (SSSR count). The van der Waals surface area contributed by atoms with Crippen LogP contribution in [-0.2, 0) is 11.2 Å². The van der Waals surface area contributed by atoms with E-state index in [9.17, 15) is 9.90 Å². The summed E-state index contributed by atoms with van der Waals surface area (Å²) in [5, 5.41) is 17.3. The highest BCUT2D eigenvalue weighted by molar-refractivity contribution is 5.73. The lowest BCUT2D eigenvalue weighted by Gasteiger charge is -2.21. The van der Waals surface area contributed by atoms with Gasteiger partial charge < -0.3 is 9.52 Å². The molecule has 1 atom stereocenters. The van der Waals surface area contributed by atoms with Gasteiger partial charge in [0.15, 0.2) is 5.76 Å². The molecule has 1 unspecified atom stereocenters. The Morgan fingerprint density at radius 2 is 2.41 bits per heavy atom. The average molecular weight is 233 g/mol. The summed E-state index contributed by atoms with van der Waals surface area (Å²) in [5.41, 5.74) is 0. The van der Waals surface area contributed by atoms with Crippen molar-refractivity contribution < 1.29 is 14.3 Å². The van der Waals surface area contributed by atoms with Crippen LogP contribution in [-0.4, -0.2) is 25.8 Å². The van der Waals surface area contributed by atoms with Crippen molar-refractivity contribution in [3.8, 4) is 11.6 Å². The van der Waals surface area contributed by atoms with Crippen molar-refractivity contribution >= 4 is 5.97 Å². The number of nitrogens with zero attached hydrogens (tertiary/aromatic N) is 3. The molecule has 1 aliphatic heterocycles. The Kier molecular flexibility index (Phi) is 2.21. The molecular weight excluding hydrogens is 222 g/mol. The number of carboxylic acids is 1. The average Bonchev–Trinajstić information content (AvgIpc) is 2.96. The molecule has 6 nitrogen and oxygen atoms in total. The van der Waals surface area contributed by atoms with Crippen molar-refractivity contribution in [3.63, 3.8) is 0 Å². The SMILES string of the molecule is O=C(O)C1CCCc2nnc(-c3ccco3)n21. The van der Waals surface area contributed by atoms with Crippen molar-refractivity contribution in [3.05, 3.63) is 24.2 Å². The van der Waals surface area contributed by atoms with E-state index in [1.165, 1.54) is 6.26 Å². The molecule has 1 aliphatic rings. The molecular formula is C11H11N3O3. The number of aryl methyl sites for hydroxylation is 1. The molecule has 2 aromatic rings. The highest BCUT2D eigenvalue weighted by Crippen LogP contribution is 2.30. The number of carboxylic acid groups (broad SMARTS) is 1. The molecule has 88 valence electrons. The predicted octanol–water partition coefficient (Wildman–Crippen LogP) is 1.50. The minimum Gasteiger partial charge on any atom is -0.480 e. The molecule has 17 heavy (non-hydrogen) atoms. The molecule has 0 saturated heterocycles. The van der Waals surface area contributed by atoms with Crippen molar-refractivity contribution in [1.29, 1.82) is 0 Å². The van der Waals surface area contributed by atoms with Crippen LogP contribution >= 0.6 is 0 Å². The monoisotopic (exact) mass is 233 g/mol. The number of aromatic nitrogens is 3. The van der Waals surface area contributed by atoms with Gasteiger partial charge in [-0.15, -0.1) is 10.2 Å². The first-order valence-corrected chi connectivity index (χ1v) is 5.48. The minimum absolute atomic E-state index is 0.497. The second-order valence-electron chi connectivity index (χ2n) is 4.03. The molecule has 0 spiro atoms.